The van der Waals surface area contributed by atoms with Crippen molar-refractivity contribution in [2.24, 2.45) is 0 Å². The molecular weight excluding hydrogens is 258 g/mol. The van der Waals surface area contributed by atoms with Gasteiger partial charge in [0, 0.05) is 11.4 Å². The summed E-state index contributed by atoms with van der Waals surface area (Å²) in [6.07, 6.45) is 0.660. The highest BCUT2D eigenvalue weighted by Gasteiger charge is 2.10. The molecule has 0 N–H and O–H groups in total. The van der Waals surface area contributed by atoms with Crippen molar-refractivity contribution in [3.63, 3.8) is 0 Å². The molecule has 1 unspecified atom stereocenters. The van der Waals surface area contributed by atoms with Gasteiger partial charge in [0.15, 0.2) is 0 Å². The second-order valence-corrected chi connectivity index (χ2v) is 4.62. The van der Waals surface area contributed by atoms with Crippen LogP contribution < -0.4 is 4.74 Å². The average Bonchev–Trinajstić information content (AvgIpc) is 2.46. The van der Waals surface area contributed by atoms with E-state index >= 15 is 0 Å². The number of nitrogens with zero attached hydrogens (tertiary/aromatic N) is 1. The van der Waals surface area contributed by atoms with E-state index in [1.165, 1.54) is 0 Å². The number of para-hydroxylation sites is 1. The fraction of sp³-hybridized carbons (Fsp3) is 0.188. The highest BCUT2D eigenvalue weighted by atomic mass is 35.5. The summed E-state index contributed by atoms with van der Waals surface area (Å²) in [6, 6.07) is 19.3. The predicted molar refractivity (Wildman–Crippen MR) is 76.4 cm³/mol. The minimum atomic E-state index is -0.166. The number of ether oxygens (including phenoxy) is 1. The van der Waals surface area contributed by atoms with Crippen molar-refractivity contribution >= 4 is 11.6 Å². The number of nitriles is 1. The van der Waals surface area contributed by atoms with Gasteiger partial charge >= 0.3 is 0 Å². The van der Waals surface area contributed by atoms with Crippen molar-refractivity contribution in [2.75, 3.05) is 6.61 Å². The Labute approximate surface area is 118 Å². The van der Waals surface area contributed by atoms with Crippen LogP contribution in [-0.2, 0) is 0 Å². The van der Waals surface area contributed by atoms with E-state index in [9.17, 15) is 5.26 Å². The van der Waals surface area contributed by atoms with E-state index in [4.69, 9.17) is 16.3 Å². The maximum atomic E-state index is 9.21. The van der Waals surface area contributed by atoms with Gasteiger partial charge in [-0.15, -0.1) is 0 Å². The Kier molecular flexibility index (Phi) is 4.83. The molecule has 3 heteroatoms. The third-order valence-corrected chi connectivity index (χ3v) is 3.10. The summed E-state index contributed by atoms with van der Waals surface area (Å²) >= 11 is 5.84. The SMILES string of the molecule is N#CC(CCOc1ccccc1)c1ccc(Cl)cc1. The van der Waals surface area contributed by atoms with Gasteiger partial charge in [-0.05, 0) is 29.8 Å². The predicted octanol–water partition coefficient (Wildman–Crippen LogP) is 4.42. The second-order valence-electron chi connectivity index (χ2n) is 4.18. The van der Waals surface area contributed by atoms with Crippen molar-refractivity contribution in [1.82, 2.24) is 0 Å². The number of hydrogen-bond acceptors (Lipinski definition) is 2. The summed E-state index contributed by atoms with van der Waals surface area (Å²) in [5.41, 5.74) is 0.976. The highest BCUT2D eigenvalue weighted by Crippen LogP contribution is 2.21. The smallest absolute Gasteiger partial charge is 0.119 e. The van der Waals surface area contributed by atoms with E-state index in [0.29, 0.717) is 18.1 Å². The van der Waals surface area contributed by atoms with Gasteiger partial charge in [0.05, 0.1) is 18.6 Å². The second kappa shape index (κ2) is 6.82. The topological polar surface area (TPSA) is 33.0 Å². The lowest BCUT2D eigenvalue weighted by atomic mass is 9.98. The molecule has 0 aliphatic heterocycles. The van der Waals surface area contributed by atoms with Crippen LogP contribution in [0.15, 0.2) is 54.6 Å². The molecule has 0 spiro atoms. The molecule has 0 heterocycles. The van der Waals surface area contributed by atoms with Gasteiger partial charge in [-0.2, -0.15) is 5.26 Å². The lowest BCUT2D eigenvalue weighted by Crippen LogP contribution is -2.04. The molecule has 0 aliphatic rings. The number of rotatable bonds is 5. The molecule has 2 aromatic rings. The molecule has 0 aromatic heterocycles. The van der Waals surface area contributed by atoms with E-state index < -0.39 is 0 Å². The van der Waals surface area contributed by atoms with Crippen LogP contribution in [0, 0.1) is 11.3 Å². The van der Waals surface area contributed by atoms with Crippen molar-refractivity contribution in [3.05, 3.63) is 65.2 Å². The standard InChI is InChI=1S/C16H14ClNO/c17-15-8-6-13(7-9-15)14(12-18)10-11-19-16-4-2-1-3-5-16/h1-9,14H,10-11H2. The average molecular weight is 272 g/mol. The van der Waals surface area contributed by atoms with Gasteiger partial charge in [0.1, 0.15) is 5.75 Å². The Morgan fingerprint density at radius 3 is 2.37 bits per heavy atom. The maximum absolute atomic E-state index is 9.21. The minimum absolute atomic E-state index is 0.166. The van der Waals surface area contributed by atoms with Crippen LogP contribution in [0.25, 0.3) is 0 Å². The van der Waals surface area contributed by atoms with Crippen LogP contribution in [0.1, 0.15) is 17.9 Å². The monoisotopic (exact) mass is 271 g/mol. The Bertz CT molecular complexity index is 545. The van der Waals surface area contributed by atoms with E-state index in [1.807, 2.05) is 42.5 Å². The molecule has 0 aliphatic carbocycles. The fourth-order valence-corrected chi connectivity index (χ4v) is 1.94. The van der Waals surface area contributed by atoms with Crippen LogP contribution in [0.3, 0.4) is 0 Å². The van der Waals surface area contributed by atoms with Crippen LogP contribution in [0.4, 0.5) is 0 Å². The van der Waals surface area contributed by atoms with Crippen molar-refractivity contribution in [2.45, 2.75) is 12.3 Å². The quantitative estimate of drug-likeness (QED) is 0.807. The van der Waals surface area contributed by atoms with Crippen LogP contribution in [-0.4, -0.2) is 6.61 Å². The zero-order chi connectivity index (χ0) is 13.5. The number of hydrogen-bond donors (Lipinski definition) is 0. The van der Waals surface area contributed by atoms with E-state index in [-0.39, 0.29) is 5.92 Å². The zero-order valence-electron chi connectivity index (χ0n) is 10.4. The van der Waals surface area contributed by atoms with Crippen LogP contribution in [0.5, 0.6) is 5.75 Å². The molecule has 0 amide bonds. The zero-order valence-corrected chi connectivity index (χ0v) is 11.2. The molecule has 0 saturated heterocycles. The Morgan fingerprint density at radius 1 is 1.05 bits per heavy atom. The molecule has 0 fully saturated rings. The van der Waals surface area contributed by atoms with Crippen LogP contribution >= 0.6 is 11.6 Å². The van der Waals surface area contributed by atoms with Gasteiger partial charge in [-0.1, -0.05) is 41.9 Å². The minimum Gasteiger partial charge on any atom is -0.494 e. The Morgan fingerprint density at radius 2 is 1.74 bits per heavy atom. The lowest BCUT2D eigenvalue weighted by molar-refractivity contribution is 0.306. The van der Waals surface area contributed by atoms with Crippen molar-refractivity contribution < 1.29 is 4.74 Å². The molecule has 19 heavy (non-hydrogen) atoms. The highest BCUT2D eigenvalue weighted by molar-refractivity contribution is 6.30. The first-order chi connectivity index (χ1) is 9.29. The number of halogens is 1. The van der Waals surface area contributed by atoms with Crippen molar-refractivity contribution in [1.29, 1.82) is 5.26 Å². The Balaban J connectivity index is 1.90. The molecule has 2 rings (SSSR count). The molecule has 2 nitrogen and oxygen atoms in total. The summed E-state index contributed by atoms with van der Waals surface area (Å²) in [4.78, 5) is 0. The molecule has 0 bridgehead atoms. The van der Waals surface area contributed by atoms with Gasteiger partial charge in [0.2, 0.25) is 0 Å². The molecule has 96 valence electrons. The molecular formula is C16H14ClNO. The number of benzene rings is 2. The fourth-order valence-electron chi connectivity index (χ4n) is 1.81. The first-order valence-corrected chi connectivity index (χ1v) is 6.50. The lowest BCUT2D eigenvalue weighted by Gasteiger charge is -2.10. The summed E-state index contributed by atoms with van der Waals surface area (Å²) in [5.74, 6) is 0.663. The summed E-state index contributed by atoms with van der Waals surface area (Å²) in [6.45, 7) is 0.519. The van der Waals surface area contributed by atoms with Crippen LogP contribution in [0.2, 0.25) is 5.02 Å². The summed E-state index contributed by atoms with van der Waals surface area (Å²) in [5, 5.41) is 9.89. The van der Waals surface area contributed by atoms with Gasteiger partial charge < -0.3 is 4.74 Å². The molecule has 0 saturated carbocycles. The molecule has 0 radical (unpaired) electrons. The van der Waals surface area contributed by atoms with Gasteiger partial charge in [-0.25, -0.2) is 0 Å². The van der Waals surface area contributed by atoms with Gasteiger partial charge in [0.25, 0.3) is 0 Å². The molecule has 2 aromatic carbocycles. The van der Waals surface area contributed by atoms with E-state index in [0.717, 1.165) is 11.3 Å². The van der Waals surface area contributed by atoms with Gasteiger partial charge in [-0.3, -0.25) is 0 Å². The maximum Gasteiger partial charge on any atom is 0.119 e. The largest absolute Gasteiger partial charge is 0.494 e. The normalized spacial score (nSPS) is 11.6. The summed E-state index contributed by atoms with van der Waals surface area (Å²) in [7, 11) is 0. The third kappa shape index (κ3) is 4.01. The first-order valence-electron chi connectivity index (χ1n) is 6.12. The first kappa shape index (κ1) is 13.5. The van der Waals surface area contributed by atoms with E-state index in [2.05, 4.69) is 6.07 Å². The van der Waals surface area contributed by atoms with Crippen molar-refractivity contribution in [3.8, 4) is 11.8 Å². The summed E-state index contributed by atoms with van der Waals surface area (Å²) < 4.78 is 5.61. The van der Waals surface area contributed by atoms with E-state index in [1.54, 1.807) is 12.1 Å². The third-order valence-electron chi connectivity index (χ3n) is 2.85. The Hall–Kier alpha value is -1.98. The molecule has 1 atom stereocenters.